The Morgan fingerprint density at radius 1 is 1.43 bits per heavy atom. The van der Waals surface area contributed by atoms with E-state index in [1.165, 1.54) is 12.1 Å². The maximum Gasteiger partial charge on any atom is 0.123 e. The number of nitrogens with one attached hydrogen (secondary N) is 1. The molecule has 2 nitrogen and oxygen atoms in total. The van der Waals surface area contributed by atoms with Gasteiger partial charge in [0, 0.05) is 6.54 Å². The van der Waals surface area contributed by atoms with Gasteiger partial charge in [0.1, 0.15) is 5.82 Å². The van der Waals surface area contributed by atoms with Crippen molar-refractivity contribution in [2.75, 3.05) is 0 Å². The van der Waals surface area contributed by atoms with E-state index in [-0.39, 0.29) is 24.3 Å². The lowest BCUT2D eigenvalue weighted by Gasteiger charge is -2.08. The average Bonchev–Trinajstić information content (AvgIpc) is 2.03. The zero-order chi connectivity index (χ0) is 9.68. The molecule has 80 valence electrons. The van der Waals surface area contributed by atoms with E-state index in [0.29, 0.717) is 6.54 Å². The highest BCUT2D eigenvalue weighted by Gasteiger charge is 1.96. The van der Waals surface area contributed by atoms with Crippen LogP contribution in [-0.4, -0.2) is 6.10 Å². The summed E-state index contributed by atoms with van der Waals surface area (Å²) in [5.74, 6) is -0.219. The summed E-state index contributed by atoms with van der Waals surface area (Å²) in [6.07, 6.45) is 0.133. The Morgan fingerprint density at radius 3 is 2.71 bits per heavy atom. The highest BCUT2D eigenvalue weighted by Crippen LogP contribution is 2.02. The summed E-state index contributed by atoms with van der Waals surface area (Å²) in [5, 5.41) is 0. The van der Waals surface area contributed by atoms with Gasteiger partial charge in [-0.15, -0.1) is 12.4 Å². The zero-order valence-electron chi connectivity index (χ0n) is 8.29. The zero-order valence-corrected chi connectivity index (χ0v) is 9.10. The smallest absolute Gasteiger partial charge is 0.123 e. The molecule has 0 radical (unpaired) electrons. The molecule has 1 rings (SSSR count). The molecule has 4 heteroatoms. The largest absolute Gasteiger partial charge is 0.299 e. The number of halogens is 2. The van der Waals surface area contributed by atoms with E-state index < -0.39 is 0 Å². The van der Waals surface area contributed by atoms with Crippen LogP contribution in [0.2, 0.25) is 0 Å². The third kappa shape index (κ3) is 5.17. The standard InChI is InChI=1S/C10H14FNO.ClH/c1-8(2)13-12-7-9-4-3-5-10(11)6-9;/h3-6,8,12H,7H2,1-2H3;1H. The summed E-state index contributed by atoms with van der Waals surface area (Å²) < 4.78 is 12.7. The maximum absolute atomic E-state index is 12.7. The second kappa shape index (κ2) is 6.76. The predicted octanol–water partition coefficient (Wildman–Crippen LogP) is 2.68. The summed E-state index contributed by atoms with van der Waals surface area (Å²) >= 11 is 0. The molecule has 0 unspecified atom stereocenters. The number of hydrogen-bond donors (Lipinski definition) is 1. The van der Waals surface area contributed by atoms with Crippen molar-refractivity contribution in [1.29, 1.82) is 0 Å². The van der Waals surface area contributed by atoms with E-state index in [0.717, 1.165) is 5.56 Å². The highest BCUT2D eigenvalue weighted by atomic mass is 35.5. The molecule has 1 N–H and O–H groups in total. The molecule has 1 aromatic carbocycles. The summed E-state index contributed by atoms with van der Waals surface area (Å²) in [5.41, 5.74) is 3.64. The highest BCUT2D eigenvalue weighted by molar-refractivity contribution is 5.85. The van der Waals surface area contributed by atoms with Crippen LogP contribution in [0.25, 0.3) is 0 Å². The monoisotopic (exact) mass is 219 g/mol. The van der Waals surface area contributed by atoms with Crippen LogP contribution in [0.3, 0.4) is 0 Å². The van der Waals surface area contributed by atoms with Gasteiger partial charge in [-0.3, -0.25) is 4.84 Å². The van der Waals surface area contributed by atoms with Gasteiger partial charge in [0.2, 0.25) is 0 Å². The normalized spacial score (nSPS) is 10.0. The molecule has 0 atom stereocenters. The van der Waals surface area contributed by atoms with Crippen molar-refractivity contribution in [2.24, 2.45) is 0 Å². The SMILES string of the molecule is CC(C)ONCc1cccc(F)c1.Cl. The van der Waals surface area contributed by atoms with Gasteiger partial charge >= 0.3 is 0 Å². The lowest BCUT2D eigenvalue weighted by molar-refractivity contribution is -0.00886. The summed E-state index contributed by atoms with van der Waals surface area (Å²) in [6, 6.07) is 6.44. The van der Waals surface area contributed by atoms with Crippen molar-refractivity contribution in [3.05, 3.63) is 35.6 Å². The van der Waals surface area contributed by atoms with Gasteiger partial charge in [-0.25, -0.2) is 4.39 Å². The molecule has 0 aliphatic rings. The number of hydroxylamine groups is 1. The van der Waals surface area contributed by atoms with E-state index >= 15 is 0 Å². The number of hydrogen-bond acceptors (Lipinski definition) is 2. The second-order valence-corrected chi connectivity index (χ2v) is 3.12. The van der Waals surface area contributed by atoms with Crippen LogP contribution in [0.15, 0.2) is 24.3 Å². The second-order valence-electron chi connectivity index (χ2n) is 3.12. The Kier molecular flexibility index (Phi) is 6.45. The molecule has 0 saturated heterocycles. The fourth-order valence-corrected chi connectivity index (χ4v) is 0.939. The van der Waals surface area contributed by atoms with E-state index in [4.69, 9.17) is 4.84 Å². The minimum absolute atomic E-state index is 0. The summed E-state index contributed by atoms with van der Waals surface area (Å²) in [6.45, 7) is 4.38. The molecular weight excluding hydrogens is 205 g/mol. The first-order valence-electron chi connectivity index (χ1n) is 4.31. The first-order chi connectivity index (χ1) is 6.18. The summed E-state index contributed by atoms with van der Waals surface area (Å²) in [4.78, 5) is 5.11. The van der Waals surface area contributed by atoms with Crippen LogP contribution in [-0.2, 0) is 11.4 Å². The number of rotatable bonds is 4. The quantitative estimate of drug-likeness (QED) is 0.787. The minimum Gasteiger partial charge on any atom is -0.299 e. The van der Waals surface area contributed by atoms with Gasteiger partial charge in [0.25, 0.3) is 0 Å². The Bertz CT molecular complexity index is 268. The molecule has 0 amide bonds. The van der Waals surface area contributed by atoms with E-state index in [2.05, 4.69) is 5.48 Å². The summed E-state index contributed by atoms with van der Waals surface area (Å²) in [7, 11) is 0. The fourth-order valence-electron chi connectivity index (χ4n) is 0.939. The average molecular weight is 220 g/mol. The molecule has 0 aromatic heterocycles. The molecule has 0 saturated carbocycles. The molecule has 0 aliphatic carbocycles. The molecule has 0 bridgehead atoms. The molecule has 0 spiro atoms. The predicted molar refractivity (Wildman–Crippen MR) is 56.7 cm³/mol. The van der Waals surface area contributed by atoms with Crippen LogP contribution in [0, 0.1) is 5.82 Å². The lowest BCUT2D eigenvalue weighted by Crippen LogP contribution is -2.18. The third-order valence-electron chi connectivity index (χ3n) is 1.48. The Balaban J connectivity index is 0.00000169. The van der Waals surface area contributed by atoms with Crippen molar-refractivity contribution in [2.45, 2.75) is 26.5 Å². The topological polar surface area (TPSA) is 21.3 Å². The van der Waals surface area contributed by atoms with Gasteiger partial charge in [0.05, 0.1) is 6.10 Å². The Hall–Kier alpha value is -0.640. The van der Waals surface area contributed by atoms with Crippen molar-refractivity contribution >= 4 is 12.4 Å². The molecule has 1 aromatic rings. The molecule has 0 fully saturated rings. The van der Waals surface area contributed by atoms with Crippen molar-refractivity contribution in [3.8, 4) is 0 Å². The van der Waals surface area contributed by atoms with Gasteiger partial charge in [-0.1, -0.05) is 12.1 Å². The van der Waals surface area contributed by atoms with Crippen LogP contribution in [0.1, 0.15) is 19.4 Å². The van der Waals surface area contributed by atoms with Crippen molar-refractivity contribution < 1.29 is 9.23 Å². The van der Waals surface area contributed by atoms with E-state index in [9.17, 15) is 4.39 Å². The Morgan fingerprint density at radius 2 is 2.14 bits per heavy atom. The first kappa shape index (κ1) is 13.4. The fraction of sp³-hybridized carbons (Fsp3) is 0.400. The van der Waals surface area contributed by atoms with Gasteiger partial charge in [0.15, 0.2) is 0 Å². The molecular formula is C10H15ClFNO. The Labute approximate surface area is 89.8 Å². The van der Waals surface area contributed by atoms with Crippen LogP contribution in [0.4, 0.5) is 4.39 Å². The van der Waals surface area contributed by atoms with Gasteiger partial charge < -0.3 is 0 Å². The lowest BCUT2D eigenvalue weighted by atomic mass is 10.2. The first-order valence-corrected chi connectivity index (χ1v) is 4.31. The van der Waals surface area contributed by atoms with E-state index in [1.54, 1.807) is 6.07 Å². The van der Waals surface area contributed by atoms with Gasteiger partial charge in [-0.2, -0.15) is 5.48 Å². The van der Waals surface area contributed by atoms with Crippen LogP contribution >= 0.6 is 12.4 Å². The minimum atomic E-state index is -0.219. The van der Waals surface area contributed by atoms with Gasteiger partial charge in [-0.05, 0) is 31.5 Å². The van der Waals surface area contributed by atoms with Crippen molar-refractivity contribution in [3.63, 3.8) is 0 Å². The maximum atomic E-state index is 12.7. The van der Waals surface area contributed by atoms with Crippen molar-refractivity contribution in [1.82, 2.24) is 5.48 Å². The van der Waals surface area contributed by atoms with Crippen LogP contribution < -0.4 is 5.48 Å². The van der Waals surface area contributed by atoms with E-state index in [1.807, 2.05) is 19.9 Å². The van der Waals surface area contributed by atoms with Crippen LogP contribution in [0.5, 0.6) is 0 Å². The number of benzene rings is 1. The molecule has 0 heterocycles. The molecule has 0 aliphatic heterocycles. The molecule has 14 heavy (non-hydrogen) atoms. The third-order valence-corrected chi connectivity index (χ3v) is 1.48.